The number of anilines is 1. The van der Waals surface area contributed by atoms with Crippen LogP contribution in [0.2, 0.25) is 4.34 Å². The highest BCUT2D eigenvalue weighted by molar-refractivity contribution is 7.16. The second kappa shape index (κ2) is 8.12. The van der Waals surface area contributed by atoms with Crippen molar-refractivity contribution in [2.75, 3.05) is 33.7 Å². The Morgan fingerprint density at radius 2 is 1.79 bits per heavy atom. The van der Waals surface area contributed by atoms with Gasteiger partial charge in [0.1, 0.15) is 0 Å². The second-order valence-electron chi connectivity index (χ2n) is 4.91. The molecule has 1 aromatic carbocycles. The number of carbonyl (C=O) groups excluding carboxylic acids is 1. The van der Waals surface area contributed by atoms with Crippen molar-refractivity contribution >= 4 is 34.7 Å². The highest BCUT2D eigenvalue weighted by Crippen LogP contribution is 2.40. The number of nitrogens with zero attached hydrogens (tertiary/aromatic N) is 1. The van der Waals surface area contributed by atoms with E-state index in [1.165, 1.54) is 32.7 Å². The maximum atomic E-state index is 12.4. The van der Waals surface area contributed by atoms with E-state index >= 15 is 0 Å². The Hall–Kier alpha value is -2.12. The summed E-state index contributed by atoms with van der Waals surface area (Å²) < 4.78 is 16.5. The van der Waals surface area contributed by atoms with E-state index in [0.29, 0.717) is 33.8 Å². The molecule has 0 fully saturated rings. The number of carbonyl (C=O) groups is 1. The molecular weight excluding hydrogens is 352 g/mol. The van der Waals surface area contributed by atoms with Gasteiger partial charge in [0.15, 0.2) is 11.5 Å². The fraction of sp³-hybridized carbons (Fsp3) is 0.312. The van der Waals surface area contributed by atoms with Crippen LogP contribution in [-0.4, -0.2) is 39.3 Å². The highest BCUT2D eigenvalue weighted by atomic mass is 35.5. The molecule has 0 aliphatic carbocycles. The van der Waals surface area contributed by atoms with Crippen molar-refractivity contribution in [3.63, 3.8) is 0 Å². The number of halogens is 1. The monoisotopic (exact) mass is 370 g/mol. The lowest BCUT2D eigenvalue weighted by Crippen LogP contribution is -2.30. The van der Waals surface area contributed by atoms with Gasteiger partial charge in [-0.2, -0.15) is 0 Å². The lowest BCUT2D eigenvalue weighted by molar-refractivity contribution is 0.221. The topological polar surface area (TPSA) is 60.0 Å². The molecule has 2 rings (SSSR count). The predicted molar refractivity (Wildman–Crippen MR) is 95.9 cm³/mol. The Balaban J connectivity index is 2.13. The quantitative estimate of drug-likeness (QED) is 0.831. The maximum absolute atomic E-state index is 12.4. The molecule has 1 heterocycles. The van der Waals surface area contributed by atoms with Crippen LogP contribution < -0.4 is 19.5 Å². The Morgan fingerprint density at radius 3 is 2.25 bits per heavy atom. The zero-order valence-corrected chi connectivity index (χ0v) is 15.5. The lowest BCUT2D eigenvalue weighted by Gasteiger charge is -2.19. The first-order valence-electron chi connectivity index (χ1n) is 7.04. The second-order valence-corrected chi connectivity index (χ2v) is 6.71. The van der Waals surface area contributed by atoms with Crippen LogP contribution in [0.1, 0.15) is 4.88 Å². The van der Waals surface area contributed by atoms with Crippen molar-refractivity contribution in [2.45, 2.75) is 6.54 Å². The van der Waals surface area contributed by atoms with Crippen molar-refractivity contribution < 1.29 is 19.0 Å². The van der Waals surface area contributed by atoms with Gasteiger partial charge in [-0.1, -0.05) is 11.6 Å². The zero-order chi connectivity index (χ0) is 17.7. The fourth-order valence-electron chi connectivity index (χ4n) is 2.11. The molecule has 0 saturated carbocycles. The van der Waals surface area contributed by atoms with Gasteiger partial charge in [0, 0.05) is 24.1 Å². The summed E-state index contributed by atoms with van der Waals surface area (Å²) in [6, 6.07) is 6.81. The van der Waals surface area contributed by atoms with E-state index in [-0.39, 0.29) is 6.03 Å². The molecule has 0 bridgehead atoms. The molecule has 0 aliphatic rings. The van der Waals surface area contributed by atoms with Crippen LogP contribution in [-0.2, 0) is 6.54 Å². The molecule has 0 radical (unpaired) electrons. The molecule has 0 atom stereocenters. The average molecular weight is 371 g/mol. The third-order valence-corrected chi connectivity index (χ3v) is 4.50. The van der Waals surface area contributed by atoms with Crippen LogP contribution in [0.3, 0.4) is 0 Å². The number of ether oxygens (including phenoxy) is 3. The van der Waals surface area contributed by atoms with Gasteiger partial charge in [0.25, 0.3) is 0 Å². The summed E-state index contributed by atoms with van der Waals surface area (Å²) in [6.45, 7) is 0.466. The van der Waals surface area contributed by atoms with Gasteiger partial charge in [-0.05, 0) is 12.1 Å². The van der Waals surface area contributed by atoms with Crippen LogP contribution >= 0.6 is 22.9 Å². The van der Waals surface area contributed by atoms with Crippen molar-refractivity contribution in [3.8, 4) is 17.2 Å². The Labute approximate surface area is 149 Å². The summed E-state index contributed by atoms with van der Waals surface area (Å²) in [7, 11) is 6.28. The van der Waals surface area contributed by atoms with Gasteiger partial charge in [-0.25, -0.2) is 4.79 Å². The Kier molecular flexibility index (Phi) is 6.16. The fourth-order valence-corrected chi connectivity index (χ4v) is 3.26. The number of amides is 2. The lowest BCUT2D eigenvalue weighted by atomic mass is 10.2. The summed E-state index contributed by atoms with van der Waals surface area (Å²) in [5, 5.41) is 2.81. The van der Waals surface area contributed by atoms with Crippen molar-refractivity contribution in [1.29, 1.82) is 0 Å². The molecule has 2 amide bonds. The van der Waals surface area contributed by atoms with Crippen molar-refractivity contribution in [1.82, 2.24) is 4.90 Å². The summed E-state index contributed by atoms with van der Waals surface area (Å²) in [4.78, 5) is 14.9. The van der Waals surface area contributed by atoms with E-state index in [4.69, 9.17) is 25.8 Å². The van der Waals surface area contributed by atoms with Crippen LogP contribution in [0.15, 0.2) is 24.3 Å². The average Bonchev–Trinajstić information content (AvgIpc) is 2.98. The first-order chi connectivity index (χ1) is 11.5. The number of benzene rings is 1. The van der Waals surface area contributed by atoms with Gasteiger partial charge >= 0.3 is 6.03 Å². The van der Waals surface area contributed by atoms with Gasteiger partial charge in [0.2, 0.25) is 5.75 Å². The molecule has 0 saturated heterocycles. The number of urea groups is 1. The molecule has 8 heteroatoms. The molecule has 0 unspecified atom stereocenters. The van der Waals surface area contributed by atoms with Gasteiger partial charge in [0.05, 0.1) is 37.9 Å². The third-order valence-electron chi connectivity index (χ3n) is 3.28. The molecular formula is C16H19ClN2O4S. The number of hydrogen-bond donors (Lipinski definition) is 1. The SMILES string of the molecule is COc1cc(NC(=O)N(C)Cc2ccc(Cl)s2)cc(OC)c1OC. The van der Waals surface area contributed by atoms with E-state index in [9.17, 15) is 4.79 Å². The Bertz CT molecular complexity index is 695. The zero-order valence-electron chi connectivity index (χ0n) is 13.9. The van der Waals surface area contributed by atoms with E-state index in [1.807, 2.05) is 12.1 Å². The van der Waals surface area contributed by atoms with Crippen LogP contribution in [0.4, 0.5) is 10.5 Å². The van der Waals surface area contributed by atoms with Crippen LogP contribution in [0.25, 0.3) is 0 Å². The summed E-state index contributed by atoms with van der Waals surface area (Å²) >= 11 is 7.35. The summed E-state index contributed by atoms with van der Waals surface area (Å²) in [5.74, 6) is 1.42. The predicted octanol–water partition coefficient (Wildman–Crippen LogP) is 4.09. The number of rotatable bonds is 6. The van der Waals surface area contributed by atoms with E-state index in [1.54, 1.807) is 24.1 Å². The maximum Gasteiger partial charge on any atom is 0.321 e. The van der Waals surface area contributed by atoms with Crippen molar-refractivity contribution in [2.24, 2.45) is 0 Å². The van der Waals surface area contributed by atoms with Gasteiger partial charge in [-0.15, -0.1) is 11.3 Å². The molecule has 0 aliphatic heterocycles. The standard InChI is InChI=1S/C16H19ClN2O4S/c1-19(9-11-5-6-14(17)24-11)16(20)18-10-7-12(21-2)15(23-4)13(8-10)22-3/h5-8H,9H2,1-4H3,(H,18,20). The molecule has 24 heavy (non-hydrogen) atoms. The molecule has 130 valence electrons. The van der Waals surface area contributed by atoms with Crippen LogP contribution in [0.5, 0.6) is 17.2 Å². The molecule has 1 aromatic heterocycles. The van der Waals surface area contributed by atoms with E-state index < -0.39 is 0 Å². The first-order valence-corrected chi connectivity index (χ1v) is 8.24. The van der Waals surface area contributed by atoms with Gasteiger partial charge < -0.3 is 24.4 Å². The number of thiophene rings is 1. The molecule has 0 spiro atoms. The molecule has 2 aromatic rings. The highest BCUT2D eigenvalue weighted by Gasteiger charge is 2.16. The normalized spacial score (nSPS) is 10.2. The minimum atomic E-state index is -0.256. The molecule has 1 N–H and O–H groups in total. The third kappa shape index (κ3) is 4.24. The minimum Gasteiger partial charge on any atom is -0.493 e. The summed E-state index contributed by atoms with van der Waals surface area (Å²) in [5.41, 5.74) is 0.547. The largest absolute Gasteiger partial charge is 0.493 e. The van der Waals surface area contributed by atoms with E-state index in [0.717, 1.165) is 4.88 Å². The minimum absolute atomic E-state index is 0.256. The van der Waals surface area contributed by atoms with Gasteiger partial charge in [-0.3, -0.25) is 0 Å². The summed E-state index contributed by atoms with van der Waals surface area (Å²) in [6.07, 6.45) is 0. The number of hydrogen-bond acceptors (Lipinski definition) is 5. The first kappa shape index (κ1) is 18.2. The van der Waals surface area contributed by atoms with Crippen molar-refractivity contribution in [3.05, 3.63) is 33.5 Å². The smallest absolute Gasteiger partial charge is 0.321 e. The number of nitrogens with one attached hydrogen (secondary N) is 1. The Morgan fingerprint density at radius 1 is 1.17 bits per heavy atom. The number of methoxy groups -OCH3 is 3. The van der Waals surface area contributed by atoms with E-state index in [2.05, 4.69) is 5.32 Å². The van der Waals surface area contributed by atoms with Crippen LogP contribution in [0, 0.1) is 0 Å². The molecule has 6 nitrogen and oxygen atoms in total.